The standard InChI is InChI=1S/C30H38ClN5O3/c1-23(2)30-32-12-15-35(30)21-28(37)34-17-16-33(19-24-8-5-4-6-9-24)13-7-14-36(29(38)22-39-3)27-18-26(31)11-10-25(27)20-34/h4-6,8-12,15,18,23H,7,13-14,16-17,19-22H2,1-3H3. The zero-order chi connectivity index (χ0) is 27.8. The maximum absolute atomic E-state index is 13.8. The van der Waals surface area contributed by atoms with Gasteiger partial charge in [0.15, 0.2) is 0 Å². The van der Waals surface area contributed by atoms with Crippen LogP contribution in [0.15, 0.2) is 60.9 Å². The van der Waals surface area contributed by atoms with Crippen LogP contribution in [0, 0.1) is 0 Å². The number of aromatic nitrogens is 2. The van der Waals surface area contributed by atoms with E-state index in [4.69, 9.17) is 16.3 Å². The summed E-state index contributed by atoms with van der Waals surface area (Å²) in [4.78, 5) is 37.4. The van der Waals surface area contributed by atoms with Crippen molar-refractivity contribution in [3.63, 3.8) is 0 Å². The predicted molar refractivity (Wildman–Crippen MR) is 154 cm³/mol. The lowest BCUT2D eigenvalue weighted by molar-refractivity contribution is -0.132. The summed E-state index contributed by atoms with van der Waals surface area (Å²) in [6.07, 6.45) is 4.38. The molecule has 0 saturated carbocycles. The Hall–Kier alpha value is -3.20. The van der Waals surface area contributed by atoms with Gasteiger partial charge in [-0.15, -0.1) is 0 Å². The molecular weight excluding hydrogens is 514 g/mol. The molecule has 208 valence electrons. The van der Waals surface area contributed by atoms with Crippen LogP contribution in [-0.4, -0.2) is 71.1 Å². The number of imidazole rings is 1. The first-order valence-electron chi connectivity index (χ1n) is 13.5. The van der Waals surface area contributed by atoms with Gasteiger partial charge in [-0.1, -0.05) is 61.8 Å². The fraction of sp³-hybridized carbons (Fsp3) is 0.433. The fourth-order valence-electron chi connectivity index (χ4n) is 5.03. The number of ether oxygens (including phenoxy) is 1. The maximum atomic E-state index is 13.8. The second-order valence-corrected chi connectivity index (χ2v) is 10.7. The first-order valence-corrected chi connectivity index (χ1v) is 13.9. The SMILES string of the molecule is COCC(=O)N1CCCN(Cc2ccccc2)CCN(C(=O)Cn2ccnc2C(C)C)Cc2ccc(Cl)cc21. The van der Waals surface area contributed by atoms with E-state index < -0.39 is 0 Å². The van der Waals surface area contributed by atoms with E-state index in [0.29, 0.717) is 24.7 Å². The molecule has 2 aromatic carbocycles. The molecule has 2 heterocycles. The van der Waals surface area contributed by atoms with Crippen LogP contribution < -0.4 is 4.90 Å². The van der Waals surface area contributed by atoms with Crippen molar-refractivity contribution >= 4 is 29.1 Å². The van der Waals surface area contributed by atoms with Crippen molar-refractivity contribution in [3.05, 3.63) is 82.9 Å². The zero-order valence-electron chi connectivity index (χ0n) is 23.1. The molecule has 9 heteroatoms. The number of rotatable bonds is 7. The van der Waals surface area contributed by atoms with Crippen LogP contribution in [0.2, 0.25) is 5.02 Å². The molecule has 4 rings (SSSR count). The van der Waals surface area contributed by atoms with Crippen molar-refractivity contribution in [1.82, 2.24) is 19.4 Å². The van der Waals surface area contributed by atoms with Gasteiger partial charge in [0.2, 0.25) is 5.91 Å². The molecule has 3 aromatic rings. The predicted octanol–water partition coefficient (Wildman–Crippen LogP) is 4.57. The van der Waals surface area contributed by atoms with E-state index in [1.54, 1.807) is 11.1 Å². The Morgan fingerprint density at radius 2 is 1.82 bits per heavy atom. The third-order valence-corrected chi connectivity index (χ3v) is 7.22. The molecule has 0 spiro atoms. The van der Waals surface area contributed by atoms with Gasteiger partial charge in [0.25, 0.3) is 5.91 Å². The van der Waals surface area contributed by atoms with E-state index in [0.717, 1.165) is 43.1 Å². The Morgan fingerprint density at radius 1 is 1.03 bits per heavy atom. The second kappa shape index (κ2) is 13.7. The van der Waals surface area contributed by atoms with Crippen LogP contribution in [-0.2, 0) is 34.0 Å². The van der Waals surface area contributed by atoms with E-state index in [-0.39, 0.29) is 30.9 Å². The normalized spacial score (nSPS) is 15.2. The lowest BCUT2D eigenvalue weighted by Crippen LogP contribution is -2.40. The average molecular weight is 552 g/mol. The summed E-state index contributed by atoms with van der Waals surface area (Å²) in [5, 5.41) is 0.544. The van der Waals surface area contributed by atoms with Gasteiger partial charge in [-0.3, -0.25) is 14.5 Å². The Bertz CT molecular complexity index is 1250. The maximum Gasteiger partial charge on any atom is 0.252 e. The molecule has 0 atom stereocenters. The van der Waals surface area contributed by atoms with E-state index in [1.807, 2.05) is 52.1 Å². The number of anilines is 1. The fourth-order valence-corrected chi connectivity index (χ4v) is 5.19. The number of methoxy groups -OCH3 is 1. The summed E-state index contributed by atoms with van der Waals surface area (Å²) < 4.78 is 7.12. The molecule has 1 aliphatic heterocycles. The summed E-state index contributed by atoms with van der Waals surface area (Å²) >= 11 is 6.41. The summed E-state index contributed by atoms with van der Waals surface area (Å²) in [5.41, 5.74) is 2.82. The monoisotopic (exact) mass is 551 g/mol. The number of hydrogen-bond donors (Lipinski definition) is 0. The first kappa shape index (κ1) is 28.8. The molecule has 0 aliphatic carbocycles. The lowest BCUT2D eigenvalue weighted by Gasteiger charge is -2.29. The Balaban J connectivity index is 1.66. The minimum Gasteiger partial charge on any atom is -0.375 e. The van der Waals surface area contributed by atoms with E-state index in [2.05, 4.69) is 35.9 Å². The van der Waals surface area contributed by atoms with Crippen LogP contribution in [0.3, 0.4) is 0 Å². The van der Waals surface area contributed by atoms with Gasteiger partial charge in [0, 0.05) is 69.7 Å². The highest BCUT2D eigenvalue weighted by atomic mass is 35.5. The van der Waals surface area contributed by atoms with Gasteiger partial charge in [-0.25, -0.2) is 4.98 Å². The number of carbonyl (C=O) groups is 2. The molecule has 39 heavy (non-hydrogen) atoms. The highest BCUT2D eigenvalue weighted by Gasteiger charge is 2.25. The van der Waals surface area contributed by atoms with Crippen molar-refractivity contribution in [1.29, 1.82) is 0 Å². The van der Waals surface area contributed by atoms with Gasteiger partial charge in [-0.05, 0) is 29.7 Å². The smallest absolute Gasteiger partial charge is 0.252 e. The van der Waals surface area contributed by atoms with Crippen molar-refractivity contribution in [3.8, 4) is 0 Å². The highest BCUT2D eigenvalue weighted by Crippen LogP contribution is 2.28. The zero-order valence-corrected chi connectivity index (χ0v) is 23.8. The van der Waals surface area contributed by atoms with E-state index in [9.17, 15) is 9.59 Å². The molecule has 0 fully saturated rings. The molecule has 0 N–H and O–H groups in total. The largest absolute Gasteiger partial charge is 0.375 e. The topological polar surface area (TPSA) is 70.9 Å². The first-order chi connectivity index (χ1) is 18.9. The third kappa shape index (κ3) is 7.68. The van der Waals surface area contributed by atoms with Gasteiger partial charge in [0.05, 0.1) is 5.69 Å². The molecule has 1 aromatic heterocycles. The Labute approximate surface area is 236 Å². The second-order valence-electron chi connectivity index (χ2n) is 10.3. The van der Waals surface area contributed by atoms with Crippen LogP contribution in [0.1, 0.15) is 43.1 Å². The minimum absolute atomic E-state index is 0.00414. The molecule has 8 nitrogen and oxygen atoms in total. The molecule has 1 aliphatic rings. The van der Waals surface area contributed by atoms with Crippen molar-refractivity contribution in [2.24, 2.45) is 0 Å². The number of hydrogen-bond acceptors (Lipinski definition) is 5. The number of halogens is 1. The molecule has 0 unspecified atom stereocenters. The Kier molecular flexibility index (Phi) is 10.1. The van der Waals surface area contributed by atoms with Gasteiger partial charge in [0.1, 0.15) is 19.0 Å². The van der Waals surface area contributed by atoms with Crippen LogP contribution in [0.4, 0.5) is 5.69 Å². The molecular formula is C30H38ClN5O3. The minimum atomic E-state index is -0.132. The number of benzene rings is 2. The van der Waals surface area contributed by atoms with E-state index in [1.165, 1.54) is 12.7 Å². The number of amides is 2. The molecule has 0 saturated heterocycles. The van der Waals surface area contributed by atoms with Gasteiger partial charge >= 0.3 is 0 Å². The van der Waals surface area contributed by atoms with Crippen molar-refractivity contribution < 1.29 is 14.3 Å². The Morgan fingerprint density at radius 3 is 2.56 bits per heavy atom. The molecule has 0 bridgehead atoms. The quantitative estimate of drug-likeness (QED) is 0.430. The van der Waals surface area contributed by atoms with Crippen LogP contribution in [0.25, 0.3) is 0 Å². The summed E-state index contributed by atoms with van der Waals surface area (Å²) in [5.74, 6) is 0.965. The van der Waals surface area contributed by atoms with Crippen molar-refractivity contribution in [2.45, 2.75) is 45.8 Å². The average Bonchev–Trinajstić information content (AvgIpc) is 3.37. The summed E-state index contributed by atoms with van der Waals surface area (Å²) in [6, 6.07) is 15.9. The van der Waals surface area contributed by atoms with Crippen molar-refractivity contribution in [2.75, 3.05) is 44.8 Å². The van der Waals surface area contributed by atoms with E-state index >= 15 is 0 Å². The third-order valence-electron chi connectivity index (χ3n) is 6.98. The lowest BCUT2D eigenvalue weighted by atomic mass is 10.1. The number of carbonyl (C=O) groups excluding carboxylic acids is 2. The molecule has 0 radical (unpaired) electrons. The van der Waals surface area contributed by atoms with Crippen LogP contribution >= 0.6 is 11.6 Å². The number of nitrogens with zero attached hydrogens (tertiary/aromatic N) is 5. The summed E-state index contributed by atoms with van der Waals surface area (Å²) in [6.45, 7) is 8.06. The van der Waals surface area contributed by atoms with Crippen LogP contribution in [0.5, 0.6) is 0 Å². The number of fused-ring (bicyclic) bond motifs is 1. The highest BCUT2D eigenvalue weighted by molar-refractivity contribution is 6.31. The van der Waals surface area contributed by atoms with Gasteiger partial charge < -0.3 is 19.1 Å². The van der Waals surface area contributed by atoms with Gasteiger partial charge in [-0.2, -0.15) is 0 Å². The summed E-state index contributed by atoms with van der Waals surface area (Å²) in [7, 11) is 1.52. The molecule has 2 amide bonds.